The summed E-state index contributed by atoms with van der Waals surface area (Å²) in [5, 5.41) is 22.9. The van der Waals surface area contributed by atoms with Crippen LogP contribution in [0.25, 0.3) is 0 Å². The van der Waals surface area contributed by atoms with Crippen molar-refractivity contribution in [3.05, 3.63) is 5.01 Å². The predicted octanol–water partition coefficient (Wildman–Crippen LogP) is 1.87. The van der Waals surface area contributed by atoms with Crippen LogP contribution in [-0.4, -0.2) is 33.3 Å². The second kappa shape index (κ2) is 7.67. The summed E-state index contributed by atoms with van der Waals surface area (Å²) in [6.07, 6.45) is 2.06. The second-order valence-electron chi connectivity index (χ2n) is 4.14. The third-order valence-electron chi connectivity index (χ3n) is 2.40. The molecule has 8 heteroatoms. The van der Waals surface area contributed by atoms with Crippen LogP contribution >= 0.6 is 11.3 Å². The molecular weight excluding hydrogens is 268 g/mol. The van der Waals surface area contributed by atoms with Crippen molar-refractivity contribution in [2.24, 2.45) is 0 Å². The van der Waals surface area contributed by atoms with E-state index in [-0.39, 0.29) is 18.5 Å². The Hall–Kier alpha value is -1.70. The van der Waals surface area contributed by atoms with Crippen LogP contribution in [-0.2, 0) is 11.2 Å². The van der Waals surface area contributed by atoms with Crippen LogP contribution in [0.2, 0.25) is 0 Å². The molecule has 0 bridgehead atoms. The number of carboxylic acid groups (broad SMARTS) is 1. The van der Waals surface area contributed by atoms with Gasteiger partial charge in [-0.25, -0.2) is 4.79 Å². The third-order valence-corrected chi connectivity index (χ3v) is 3.38. The molecule has 0 saturated carbocycles. The number of urea groups is 1. The number of nitrogens with one attached hydrogen (secondary N) is 2. The summed E-state index contributed by atoms with van der Waals surface area (Å²) in [5.74, 6) is -0.822. The molecule has 0 saturated heterocycles. The van der Waals surface area contributed by atoms with E-state index < -0.39 is 5.97 Å². The Morgan fingerprint density at radius 1 is 1.42 bits per heavy atom. The molecule has 0 radical (unpaired) electrons. The maximum absolute atomic E-state index is 11.6. The van der Waals surface area contributed by atoms with E-state index in [0.29, 0.717) is 18.0 Å². The fraction of sp³-hybridized carbons (Fsp3) is 0.636. The lowest BCUT2D eigenvalue weighted by atomic mass is 10.1. The molecule has 1 aromatic rings. The van der Waals surface area contributed by atoms with Crippen LogP contribution in [0.5, 0.6) is 0 Å². The van der Waals surface area contributed by atoms with E-state index in [1.54, 1.807) is 0 Å². The molecule has 0 aromatic carbocycles. The number of anilines is 1. The molecule has 0 aliphatic heterocycles. The van der Waals surface area contributed by atoms with Crippen LogP contribution in [0.4, 0.5) is 9.93 Å². The van der Waals surface area contributed by atoms with Gasteiger partial charge in [-0.3, -0.25) is 10.1 Å². The van der Waals surface area contributed by atoms with Crippen molar-refractivity contribution in [1.29, 1.82) is 0 Å². The average Bonchev–Trinajstić information content (AvgIpc) is 2.75. The normalized spacial score (nSPS) is 11.9. The van der Waals surface area contributed by atoms with Crippen molar-refractivity contribution < 1.29 is 14.7 Å². The topological polar surface area (TPSA) is 104 Å². The highest BCUT2D eigenvalue weighted by molar-refractivity contribution is 7.15. The molecule has 0 aliphatic carbocycles. The number of rotatable bonds is 7. The van der Waals surface area contributed by atoms with Gasteiger partial charge in [0.15, 0.2) is 0 Å². The molecule has 1 heterocycles. The summed E-state index contributed by atoms with van der Waals surface area (Å²) < 4.78 is 0. The average molecular weight is 286 g/mol. The molecule has 7 nitrogen and oxygen atoms in total. The van der Waals surface area contributed by atoms with E-state index >= 15 is 0 Å². The minimum Gasteiger partial charge on any atom is -0.481 e. The van der Waals surface area contributed by atoms with Crippen LogP contribution in [0.1, 0.15) is 38.1 Å². The van der Waals surface area contributed by atoms with E-state index in [1.807, 2.05) is 13.8 Å². The predicted molar refractivity (Wildman–Crippen MR) is 72.4 cm³/mol. The zero-order valence-corrected chi connectivity index (χ0v) is 11.8. The summed E-state index contributed by atoms with van der Waals surface area (Å²) >= 11 is 1.34. The summed E-state index contributed by atoms with van der Waals surface area (Å²) in [4.78, 5) is 22.0. The Bertz CT molecular complexity index is 435. The number of aromatic nitrogens is 2. The van der Waals surface area contributed by atoms with E-state index in [9.17, 15) is 9.59 Å². The Balaban J connectivity index is 2.28. The van der Waals surface area contributed by atoms with E-state index in [0.717, 1.165) is 11.4 Å². The molecule has 1 rings (SSSR count). The SMILES string of the molecule is CCc1nnc(NC(=O)NC(C)CCCC(=O)O)s1. The molecule has 0 spiro atoms. The fourth-order valence-electron chi connectivity index (χ4n) is 1.44. The maximum atomic E-state index is 11.6. The molecule has 1 unspecified atom stereocenters. The zero-order valence-electron chi connectivity index (χ0n) is 11.0. The number of nitrogens with zero attached hydrogens (tertiary/aromatic N) is 2. The Labute approximate surface area is 115 Å². The molecule has 1 atom stereocenters. The highest BCUT2D eigenvalue weighted by Crippen LogP contribution is 2.15. The van der Waals surface area contributed by atoms with Crippen molar-refractivity contribution in [2.45, 2.75) is 45.6 Å². The van der Waals surface area contributed by atoms with Gasteiger partial charge in [0, 0.05) is 12.5 Å². The monoisotopic (exact) mass is 286 g/mol. The number of aryl methyl sites for hydroxylation is 1. The number of carbonyl (C=O) groups excluding carboxylic acids is 1. The van der Waals surface area contributed by atoms with E-state index in [1.165, 1.54) is 11.3 Å². The smallest absolute Gasteiger partial charge is 0.321 e. The Morgan fingerprint density at radius 2 is 2.16 bits per heavy atom. The number of aliphatic carboxylic acids is 1. The van der Waals surface area contributed by atoms with Crippen molar-refractivity contribution in [1.82, 2.24) is 15.5 Å². The van der Waals surface area contributed by atoms with Gasteiger partial charge >= 0.3 is 12.0 Å². The zero-order chi connectivity index (χ0) is 14.3. The fourth-order valence-corrected chi connectivity index (χ4v) is 2.11. The number of carbonyl (C=O) groups is 2. The first kappa shape index (κ1) is 15.4. The molecule has 106 valence electrons. The quantitative estimate of drug-likeness (QED) is 0.709. The minimum atomic E-state index is -0.822. The summed E-state index contributed by atoms with van der Waals surface area (Å²) in [7, 11) is 0. The number of hydrogen-bond donors (Lipinski definition) is 3. The lowest BCUT2D eigenvalue weighted by Crippen LogP contribution is -2.36. The number of carboxylic acids is 1. The molecule has 19 heavy (non-hydrogen) atoms. The Morgan fingerprint density at radius 3 is 2.74 bits per heavy atom. The third kappa shape index (κ3) is 6.14. The van der Waals surface area contributed by atoms with Gasteiger partial charge in [-0.15, -0.1) is 10.2 Å². The largest absolute Gasteiger partial charge is 0.481 e. The molecule has 0 aliphatic rings. The molecule has 1 aromatic heterocycles. The number of hydrogen-bond acceptors (Lipinski definition) is 5. The summed E-state index contributed by atoms with van der Waals surface area (Å²) in [6, 6.07) is -0.431. The van der Waals surface area contributed by atoms with Crippen molar-refractivity contribution in [3.8, 4) is 0 Å². The van der Waals surface area contributed by atoms with Gasteiger partial charge in [0.25, 0.3) is 0 Å². The Kier molecular flexibility index (Phi) is 6.20. The van der Waals surface area contributed by atoms with Gasteiger partial charge in [-0.05, 0) is 26.2 Å². The first-order chi connectivity index (χ1) is 9.01. The molecule has 3 N–H and O–H groups in total. The van der Waals surface area contributed by atoms with Crippen LogP contribution in [0.15, 0.2) is 0 Å². The number of amides is 2. The second-order valence-corrected chi connectivity index (χ2v) is 5.20. The minimum absolute atomic E-state index is 0.0853. The highest BCUT2D eigenvalue weighted by atomic mass is 32.1. The van der Waals surface area contributed by atoms with E-state index in [4.69, 9.17) is 5.11 Å². The maximum Gasteiger partial charge on any atom is 0.321 e. The standard InChI is InChI=1S/C11H18N4O3S/c1-3-8-14-15-11(19-8)13-10(18)12-7(2)5-4-6-9(16)17/h7H,3-6H2,1-2H3,(H,16,17)(H2,12,13,15,18). The molecule has 2 amide bonds. The van der Waals surface area contributed by atoms with Gasteiger partial charge in [0.2, 0.25) is 5.13 Å². The summed E-state index contributed by atoms with van der Waals surface area (Å²) in [6.45, 7) is 3.80. The van der Waals surface area contributed by atoms with Crippen LogP contribution < -0.4 is 10.6 Å². The van der Waals surface area contributed by atoms with Crippen LogP contribution in [0, 0.1) is 0 Å². The van der Waals surface area contributed by atoms with Gasteiger partial charge in [-0.1, -0.05) is 18.3 Å². The first-order valence-corrected chi connectivity index (χ1v) is 6.94. The highest BCUT2D eigenvalue weighted by Gasteiger charge is 2.10. The van der Waals surface area contributed by atoms with Gasteiger partial charge in [0.1, 0.15) is 5.01 Å². The van der Waals surface area contributed by atoms with Crippen molar-refractivity contribution in [2.75, 3.05) is 5.32 Å². The van der Waals surface area contributed by atoms with Crippen molar-refractivity contribution in [3.63, 3.8) is 0 Å². The lowest BCUT2D eigenvalue weighted by molar-refractivity contribution is -0.137. The van der Waals surface area contributed by atoms with Gasteiger partial charge in [0.05, 0.1) is 0 Å². The van der Waals surface area contributed by atoms with Crippen LogP contribution in [0.3, 0.4) is 0 Å². The molecular formula is C11H18N4O3S. The lowest BCUT2D eigenvalue weighted by Gasteiger charge is -2.12. The van der Waals surface area contributed by atoms with E-state index in [2.05, 4.69) is 20.8 Å². The van der Waals surface area contributed by atoms with Gasteiger partial charge < -0.3 is 10.4 Å². The first-order valence-electron chi connectivity index (χ1n) is 6.13. The van der Waals surface area contributed by atoms with Gasteiger partial charge in [-0.2, -0.15) is 0 Å². The van der Waals surface area contributed by atoms with Crippen molar-refractivity contribution >= 4 is 28.5 Å². The summed E-state index contributed by atoms with van der Waals surface area (Å²) in [5.41, 5.74) is 0. The molecule has 0 fully saturated rings.